The molecule has 0 saturated heterocycles. The van der Waals surface area contributed by atoms with E-state index in [0.29, 0.717) is 11.6 Å². The van der Waals surface area contributed by atoms with Gasteiger partial charge in [-0.2, -0.15) is 0 Å². The van der Waals surface area contributed by atoms with Gasteiger partial charge in [0.1, 0.15) is 17.2 Å². The van der Waals surface area contributed by atoms with E-state index in [0.717, 1.165) is 29.0 Å². The number of imidazole rings is 1. The average Bonchev–Trinajstić information content (AvgIpc) is 2.91. The molecule has 3 aromatic rings. The van der Waals surface area contributed by atoms with E-state index in [2.05, 4.69) is 27.3 Å². The molecule has 0 fully saturated rings. The fourth-order valence-electron chi connectivity index (χ4n) is 2.20. The van der Waals surface area contributed by atoms with Crippen molar-refractivity contribution in [2.24, 2.45) is 5.84 Å². The molecule has 20 heavy (non-hydrogen) atoms. The van der Waals surface area contributed by atoms with E-state index >= 15 is 0 Å². The third-order valence-electron chi connectivity index (χ3n) is 3.31. The second-order valence-corrected chi connectivity index (χ2v) is 4.56. The van der Waals surface area contributed by atoms with Gasteiger partial charge in [-0.15, -0.1) is 0 Å². The minimum Gasteiger partial charge on any atom is -0.308 e. The van der Waals surface area contributed by atoms with E-state index in [1.54, 1.807) is 0 Å². The van der Waals surface area contributed by atoms with Crippen molar-refractivity contribution in [3.05, 3.63) is 41.9 Å². The van der Waals surface area contributed by atoms with Crippen LogP contribution in [0, 0.1) is 6.92 Å². The Morgan fingerprint density at radius 2 is 2.10 bits per heavy atom. The van der Waals surface area contributed by atoms with Crippen LogP contribution in [-0.4, -0.2) is 19.4 Å². The molecule has 0 bridgehead atoms. The highest BCUT2D eigenvalue weighted by molar-refractivity contribution is 5.59. The molecule has 3 heterocycles. The molecular weight excluding hydrogens is 252 g/mol. The summed E-state index contributed by atoms with van der Waals surface area (Å²) in [5.74, 6) is 6.76. The smallest absolute Gasteiger partial charge is 0.182 e. The molecule has 0 aliphatic heterocycles. The van der Waals surface area contributed by atoms with E-state index in [1.165, 1.54) is 0 Å². The summed E-state index contributed by atoms with van der Waals surface area (Å²) in [7, 11) is 0. The van der Waals surface area contributed by atoms with E-state index < -0.39 is 0 Å². The van der Waals surface area contributed by atoms with Crippen LogP contribution in [0.2, 0.25) is 0 Å². The lowest BCUT2D eigenvalue weighted by Crippen LogP contribution is -2.13. The number of hydrogen-bond acceptors (Lipinski definition) is 5. The molecule has 0 aliphatic rings. The monoisotopic (exact) mass is 268 g/mol. The van der Waals surface area contributed by atoms with E-state index in [1.807, 2.05) is 41.9 Å². The summed E-state index contributed by atoms with van der Waals surface area (Å²) in [5, 5.41) is 0. The highest BCUT2D eigenvalue weighted by Gasteiger charge is 2.13. The Labute approximate surface area is 116 Å². The van der Waals surface area contributed by atoms with Gasteiger partial charge in [-0.25, -0.2) is 20.8 Å². The number of aromatic nitrogens is 4. The number of fused-ring (bicyclic) bond motifs is 1. The minimum absolute atomic E-state index is 0.587. The minimum atomic E-state index is 0.587. The van der Waals surface area contributed by atoms with Gasteiger partial charge in [0, 0.05) is 23.7 Å². The molecular formula is C14H16N6. The van der Waals surface area contributed by atoms with Crippen molar-refractivity contribution in [1.82, 2.24) is 19.4 Å². The summed E-state index contributed by atoms with van der Waals surface area (Å²) in [5.41, 5.74) is 6.18. The van der Waals surface area contributed by atoms with Crippen molar-refractivity contribution in [3.63, 3.8) is 0 Å². The Balaban J connectivity index is 2.18. The number of nitrogens with zero attached hydrogens (tertiary/aromatic N) is 4. The lowest BCUT2D eigenvalue weighted by Gasteiger charge is -2.09. The first-order valence-corrected chi connectivity index (χ1v) is 6.51. The third-order valence-corrected chi connectivity index (χ3v) is 3.31. The molecule has 0 aromatic carbocycles. The zero-order valence-corrected chi connectivity index (χ0v) is 11.5. The number of hydrogen-bond donors (Lipinski definition) is 2. The summed E-state index contributed by atoms with van der Waals surface area (Å²) in [6.45, 7) is 4.02. The van der Waals surface area contributed by atoms with Gasteiger partial charge in [-0.05, 0) is 25.5 Å². The quantitative estimate of drug-likeness (QED) is 0.560. The van der Waals surface area contributed by atoms with Crippen molar-refractivity contribution < 1.29 is 0 Å². The van der Waals surface area contributed by atoms with Gasteiger partial charge in [-0.1, -0.05) is 13.0 Å². The Morgan fingerprint density at radius 3 is 2.80 bits per heavy atom. The van der Waals surface area contributed by atoms with Gasteiger partial charge < -0.3 is 9.83 Å². The molecule has 3 rings (SSSR count). The highest BCUT2D eigenvalue weighted by Crippen LogP contribution is 2.21. The van der Waals surface area contributed by atoms with Gasteiger partial charge in [-0.3, -0.25) is 0 Å². The van der Waals surface area contributed by atoms with E-state index in [9.17, 15) is 0 Å². The lowest BCUT2D eigenvalue weighted by atomic mass is 10.2. The van der Waals surface area contributed by atoms with Crippen LogP contribution in [0.5, 0.6) is 0 Å². The Kier molecular flexibility index (Phi) is 3.08. The molecule has 0 aliphatic carbocycles. The fraction of sp³-hybridized carbons (Fsp3) is 0.214. The van der Waals surface area contributed by atoms with Crippen LogP contribution in [-0.2, 0) is 6.42 Å². The molecule has 0 saturated carbocycles. The molecule has 6 heteroatoms. The summed E-state index contributed by atoms with van der Waals surface area (Å²) in [6.07, 6.45) is 4.69. The number of nitrogens with one attached hydrogen (secondary N) is 1. The molecule has 0 radical (unpaired) electrons. The molecule has 0 amide bonds. The van der Waals surface area contributed by atoms with Gasteiger partial charge >= 0.3 is 0 Å². The summed E-state index contributed by atoms with van der Waals surface area (Å²) in [4.78, 5) is 13.6. The van der Waals surface area contributed by atoms with Crippen LogP contribution in [0.1, 0.15) is 18.2 Å². The molecule has 0 unspecified atom stereocenters. The average molecular weight is 268 g/mol. The van der Waals surface area contributed by atoms with Crippen molar-refractivity contribution in [2.45, 2.75) is 20.3 Å². The Morgan fingerprint density at radius 1 is 1.25 bits per heavy atom. The number of pyridine rings is 1. The molecule has 102 valence electrons. The van der Waals surface area contributed by atoms with Crippen LogP contribution in [0.3, 0.4) is 0 Å². The predicted octanol–water partition coefficient (Wildman–Crippen LogP) is 1.95. The van der Waals surface area contributed by atoms with Crippen molar-refractivity contribution in [3.8, 4) is 11.5 Å². The maximum atomic E-state index is 5.53. The molecule has 0 atom stereocenters. The largest absolute Gasteiger partial charge is 0.308 e. The van der Waals surface area contributed by atoms with Crippen molar-refractivity contribution in [2.75, 3.05) is 5.43 Å². The molecule has 3 aromatic heterocycles. The number of aryl methyl sites for hydroxylation is 1. The van der Waals surface area contributed by atoms with Gasteiger partial charge in [0.05, 0.1) is 0 Å². The second-order valence-electron chi connectivity index (χ2n) is 4.56. The van der Waals surface area contributed by atoms with Crippen LogP contribution < -0.4 is 11.3 Å². The Bertz CT molecular complexity index is 703. The number of rotatable bonds is 3. The van der Waals surface area contributed by atoms with Crippen LogP contribution in [0.4, 0.5) is 5.82 Å². The maximum absolute atomic E-state index is 5.53. The number of hydrazine groups is 1. The predicted molar refractivity (Wildman–Crippen MR) is 78.1 cm³/mol. The van der Waals surface area contributed by atoms with E-state index in [-0.39, 0.29) is 0 Å². The van der Waals surface area contributed by atoms with Gasteiger partial charge in [0.15, 0.2) is 5.82 Å². The van der Waals surface area contributed by atoms with Crippen molar-refractivity contribution in [1.29, 1.82) is 0 Å². The number of nitrogen functional groups attached to an aromatic ring is 1. The molecule has 3 N–H and O–H groups in total. The SMILES string of the molecule is CCc1nc(-c2cn3ccccc3n2)nc(NN)c1C. The first kappa shape index (κ1) is 12.6. The summed E-state index contributed by atoms with van der Waals surface area (Å²) >= 11 is 0. The lowest BCUT2D eigenvalue weighted by molar-refractivity contribution is 0.969. The summed E-state index contributed by atoms with van der Waals surface area (Å²) < 4.78 is 1.94. The van der Waals surface area contributed by atoms with Crippen LogP contribution >= 0.6 is 0 Å². The molecule has 0 spiro atoms. The zero-order valence-electron chi connectivity index (χ0n) is 11.5. The van der Waals surface area contributed by atoms with Crippen molar-refractivity contribution >= 4 is 11.5 Å². The number of nitrogens with two attached hydrogens (primary N) is 1. The fourth-order valence-corrected chi connectivity index (χ4v) is 2.20. The topological polar surface area (TPSA) is 81.1 Å². The summed E-state index contributed by atoms with van der Waals surface area (Å²) in [6, 6.07) is 5.85. The second kappa shape index (κ2) is 4.90. The van der Waals surface area contributed by atoms with Gasteiger partial charge in [0.25, 0.3) is 0 Å². The van der Waals surface area contributed by atoms with Crippen LogP contribution in [0.25, 0.3) is 17.2 Å². The first-order valence-electron chi connectivity index (χ1n) is 6.51. The zero-order chi connectivity index (χ0) is 14.1. The van der Waals surface area contributed by atoms with E-state index in [4.69, 9.17) is 5.84 Å². The maximum Gasteiger partial charge on any atom is 0.182 e. The standard InChI is InChI=1S/C14H16N6/c1-3-10-9(2)13(19-15)18-14(17-10)11-8-20-7-5-4-6-12(20)16-11/h4-8H,3,15H2,1-2H3,(H,17,18,19). The molecule has 6 nitrogen and oxygen atoms in total. The Hall–Kier alpha value is -2.47. The van der Waals surface area contributed by atoms with Gasteiger partial charge in [0.2, 0.25) is 0 Å². The highest BCUT2D eigenvalue weighted by atomic mass is 15.3. The van der Waals surface area contributed by atoms with Crippen LogP contribution in [0.15, 0.2) is 30.6 Å². The first-order chi connectivity index (χ1) is 9.72. The third kappa shape index (κ3) is 2.00. The normalized spacial score (nSPS) is 10.9. The number of anilines is 1.